The third-order valence-corrected chi connectivity index (χ3v) is 2.20. The van der Waals surface area contributed by atoms with Crippen molar-refractivity contribution >= 4 is 6.09 Å². The van der Waals surface area contributed by atoms with Gasteiger partial charge in [-0.3, -0.25) is 0 Å². The van der Waals surface area contributed by atoms with Crippen molar-refractivity contribution in [2.45, 2.75) is 44.8 Å². The number of amides is 1. The van der Waals surface area contributed by atoms with Gasteiger partial charge in [-0.05, 0) is 19.3 Å². The van der Waals surface area contributed by atoms with Crippen LogP contribution in [0.5, 0.6) is 0 Å². The summed E-state index contributed by atoms with van der Waals surface area (Å²) in [6.45, 7) is 2.78. The predicted octanol–water partition coefficient (Wildman–Crippen LogP) is 1.00. The van der Waals surface area contributed by atoms with Crippen LogP contribution in [0.1, 0.15) is 32.6 Å². The zero-order valence-corrected chi connectivity index (χ0v) is 8.08. The van der Waals surface area contributed by atoms with Crippen LogP contribution >= 0.6 is 0 Å². The molecule has 4 nitrogen and oxygen atoms in total. The predicted molar refractivity (Wildman–Crippen MR) is 50.4 cm³/mol. The first kappa shape index (κ1) is 10.3. The van der Waals surface area contributed by atoms with Crippen LogP contribution in [0.3, 0.4) is 0 Å². The molecule has 1 rings (SSSR count). The largest absolute Gasteiger partial charge is 0.446 e. The second-order valence-corrected chi connectivity index (χ2v) is 3.54. The number of nitrogens with two attached hydrogens (primary N) is 1. The first-order valence-electron chi connectivity index (χ1n) is 4.92. The van der Waals surface area contributed by atoms with Crippen molar-refractivity contribution in [1.29, 1.82) is 0 Å². The minimum absolute atomic E-state index is 0.0524. The molecule has 0 heterocycles. The maximum atomic E-state index is 11.1. The first-order chi connectivity index (χ1) is 6.22. The number of carbonyl (C=O) groups excluding carboxylic acids is 1. The van der Waals surface area contributed by atoms with Crippen LogP contribution in [0.4, 0.5) is 4.79 Å². The maximum Gasteiger partial charge on any atom is 0.407 e. The molecule has 0 aromatic heterocycles. The topological polar surface area (TPSA) is 64.3 Å². The van der Waals surface area contributed by atoms with Crippen LogP contribution in [0, 0.1) is 0 Å². The summed E-state index contributed by atoms with van der Waals surface area (Å²) in [6.07, 6.45) is 3.44. The van der Waals surface area contributed by atoms with E-state index in [-0.39, 0.29) is 18.2 Å². The summed E-state index contributed by atoms with van der Waals surface area (Å²) in [7, 11) is 0. The van der Waals surface area contributed by atoms with Gasteiger partial charge < -0.3 is 15.8 Å². The van der Waals surface area contributed by atoms with E-state index in [1.165, 1.54) is 0 Å². The summed E-state index contributed by atoms with van der Waals surface area (Å²) in [5, 5.41) is 2.70. The SMILES string of the molecule is CCCCNC(=O)OC1CC(N)C1. The monoisotopic (exact) mass is 186 g/mol. The van der Waals surface area contributed by atoms with Gasteiger partial charge in [0.1, 0.15) is 6.10 Å². The van der Waals surface area contributed by atoms with E-state index < -0.39 is 0 Å². The van der Waals surface area contributed by atoms with Gasteiger partial charge in [-0.15, -0.1) is 0 Å². The van der Waals surface area contributed by atoms with E-state index >= 15 is 0 Å². The second kappa shape index (κ2) is 5.07. The maximum absolute atomic E-state index is 11.1. The van der Waals surface area contributed by atoms with Crippen LogP contribution < -0.4 is 11.1 Å². The minimum Gasteiger partial charge on any atom is -0.446 e. The number of nitrogens with one attached hydrogen (secondary N) is 1. The fraction of sp³-hybridized carbons (Fsp3) is 0.889. The van der Waals surface area contributed by atoms with Crippen molar-refractivity contribution in [3.63, 3.8) is 0 Å². The highest BCUT2D eigenvalue weighted by atomic mass is 16.6. The van der Waals surface area contributed by atoms with E-state index in [9.17, 15) is 4.79 Å². The van der Waals surface area contributed by atoms with Crippen LogP contribution in [0.15, 0.2) is 0 Å². The lowest BCUT2D eigenvalue weighted by atomic mass is 9.90. The summed E-state index contributed by atoms with van der Waals surface area (Å²) in [5.74, 6) is 0. The van der Waals surface area contributed by atoms with Crippen molar-refractivity contribution in [2.75, 3.05) is 6.54 Å². The standard InChI is InChI=1S/C9H18N2O2/c1-2-3-4-11-9(12)13-8-5-7(10)6-8/h7-8H,2-6,10H2,1H3,(H,11,12). The summed E-state index contributed by atoms with van der Waals surface area (Å²) in [4.78, 5) is 11.1. The van der Waals surface area contributed by atoms with Crippen LogP contribution in [-0.2, 0) is 4.74 Å². The Morgan fingerprint density at radius 1 is 1.62 bits per heavy atom. The molecule has 0 radical (unpaired) electrons. The van der Waals surface area contributed by atoms with E-state index in [0.717, 1.165) is 25.7 Å². The highest BCUT2D eigenvalue weighted by molar-refractivity contribution is 5.67. The summed E-state index contributed by atoms with van der Waals surface area (Å²) in [5.41, 5.74) is 5.55. The fourth-order valence-corrected chi connectivity index (χ4v) is 1.26. The molecule has 0 spiro atoms. The van der Waals surface area contributed by atoms with Gasteiger partial charge in [0.15, 0.2) is 0 Å². The molecule has 0 saturated heterocycles. The number of hydrogen-bond donors (Lipinski definition) is 2. The van der Waals surface area contributed by atoms with Gasteiger partial charge in [0.05, 0.1) is 0 Å². The molecule has 0 atom stereocenters. The highest BCUT2D eigenvalue weighted by Crippen LogP contribution is 2.20. The molecule has 1 amide bonds. The molecule has 0 unspecified atom stereocenters. The third-order valence-electron chi connectivity index (χ3n) is 2.20. The Bertz CT molecular complexity index is 167. The molecule has 76 valence electrons. The first-order valence-corrected chi connectivity index (χ1v) is 4.92. The molecule has 0 aromatic rings. The normalized spacial score (nSPS) is 26.3. The highest BCUT2D eigenvalue weighted by Gasteiger charge is 2.28. The summed E-state index contributed by atoms with van der Waals surface area (Å²) < 4.78 is 5.07. The van der Waals surface area contributed by atoms with Crippen molar-refractivity contribution in [3.05, 3.63) is 0 Å². The molecule has 1 saturated carbocycles. The van der Waals surface area contributed by atoms with Gasteiger partial charge in [0.25, 0.3) is 0 Å². The Morgan fingerprint density at radius 3 is 2.85 bits per heavy atom. The molecule has 1 aliphatic rings. The van der Waals surface area contributed by atoms with Gasteiger partial charge in [-0.25, -0.2) is 4.79 Å². The number of alkyl carbamates (subject to hydrolysis) is 1. The Balaban J connectivity index is 1.98. The van der Waals surface area contributed by atoms with Crippen LogP contribution in [0.25, 0.3) is 0 Å². The van der Waals surface area contributed by atoms with Crippen molar-refractivity contribution in [1.82, 2.24) is 5.32 Å². The number of carbonyl (C=O) groups is 1. The molecular weight excluding hydrogens is 168 g/mol. The number of hydrogen-bond acceptors (Lipinski definition) is 3. The molecule has 3 N–H and O–H groups in total. The van der Waals surface area contributed by atoms with Crippen molar-refractivity contribution < 1.29 is 9.53 Å². The molecule has 1 fully saturated rings. The lowest BCUT2D eigenvalue weighted by molar-refractivity contribution is 0.0413. The summed E-state index contributed by atoms with van der Waals surface area (Å²) in [6, 6.07) is 0.230. The van der Waals surface area contributed by atoms with E-state index in [2.05, 4.69) is 12.2 Å². The molecule has 1 aliphatic carbocycles. The molecule has 0 aliphatic heterocycles. The van der Waals surface area contributed by atoms with E-state index in [0.29, 0.717) is 6.54 Å². The van der Waals surface area contributed by atoms with Crippen molar-refractivity contribution in [2.24, 2.45) is 5.73 Å². The molecule has 0 bridgehead atoms. The van der Waals surface area contributed by atoms with Gasteiger partial charge >= 0.3 is 6.09 Å². The Labute approximate surface area is 78.8 Å². The van der Waals surface area contributed by atoms with E-state index in [4.69, 9.17) is 10.5 Å². The number of unbranched alkanes of at least 4 members (excludes halogenated alkanes) is 1. The molecule has 0 aromatic carbocycles. The smallest absolute Gasteiger partial charge is 0.407 e. The second-order valence-electron chi connectivity index (χ2n) is 3.54. The molecule has 4 heteroatoms. The fourth-order valence-electron chi connectivity index (χ4n) is 1.26. The number of rotatable bonds is 4. The van der Waals surface area contributed by atoms with Gasteiger partial charge in [0, 0.05) is 12.6 Å². The average molecular weight is 186 g/mol. The van der Waals surface area contributed by atoms with Crippen LogP contribution in [-0.4, -0.2) is 24.8 Å². The van der Waals surface area contributed by atoms with E-state index in [1.807, 2.05) is 0 Å². The Kier molecular flexibility index (Phi) is 4.02. The zero-order valence-electron chi connectivity index (χ0n) is 8.08. The quantitative estimate of drug-likeness (QED) is 0.644. The van der Waals surface area contributed by atoms with Crippen LogP contribution in [0.2, 0.25) is 0 Å². The Hall–Kier alpha value is -0.770. The van der Waals surface area contributed by atoms with Gasteiger partial charge in [-0.1, -0.05) is 13.3 Å². The molecule has 13 heavy (non-hydrogen) atoms. The van der Waals surface area contributed by atoms with E-state index in [1.54, 1.807) is 0 Å². The third kappa shape index (κ3) is 3.63. The minimum atomic E-state index is -0.301. The van der Waals surface area contributed by atoms with Gasteiger partial charge in [0.2, 0.25) is 0 Å². The van der Waals surface area contributed by atoms with Crippen molar-refractivity contribution in [3.8, 4) is 0 Å². The average Bonchev–Trinajstić information content (AvgIpc) is 2.02. The number of ether oxygens (including phenoxy) is 1. The summed E-state index contributed by atoms with van der Waals surface area (Å²) >= 11 is 0. The lowest BCUT2D eigenvalue weighted by Gasteiger charge is -2.31. The van der Waals surface area contributed by atoms with Gasteiger partial charge in [-0.2, -0.15) is 0 Å². The lowest BCUT2D eigenvalue weighted by Crippen LogP contribution is -2.44. The Morgan fingerprint density at radius 2 is 2.31 bits per heavy atom. The molecular formula is C9H18N2O2. The zero-order chi connectivity index (χ0) is 9.68.